The molecule has 0 amide bonds. The third-order valence-corrected chi connectivity index (χ3v) is 6.43. The van der Waals surface area contributed by atoms with Crippen molar-refractivity contribution in [1.29, 1.82) is 0 Å². The molecule has 0 unspecified atom stereocenters. The molecule has 28 heavy (non-hydrogen) atoms. The summed E-state index contributed by atoms with van der Waals surface area (Å²) in [6, 6.07) is 15.6. The minimum absolute atomic E-state index is 0.155. The molecule has 1 fully saturated rings. The summed E-state index contributed by atoms with van der Waals surface area (Å²) in [5.41, 5.74) is 1.42. The van der Waals surface area contributed by atoms with Gasteiger partial charge in [-0.2, -0.15) is 4.31 Å². The molecule has 0 saturated carbocycles. The quantitative estimate of drug-likeness (QED) is 0.694. The Kier molecular flexibility index (Phi) is 6.49. The van der Waals surface area contributed by atoms with Gasteiger partial charge in [-0.25, -0.2) is 13.2 Å². The molecular formula is C21H25NO5S. The van der Waals surface area contributed by atoms with Crippen molar-refractivity contribution in [2.24, 2.45) is 0 Å². The fraction of sp³-hybridized carbons (Fsp3) is 0.381. The normalized spacial score (nSPS) is 20.6. The van der Waals surface area contributed by atoms with Crippen molar-refractivity contribution in [2.75, 3.05) is 19.7 Å². The number of carbonyl (C=O) groups excluding carboxylic acids is 1. The Morgan fingerprint density at radius 1 is 1.04 bits per heavy atom. The first kappa shape index (κ1) is 20.5. The number of sulfonamides is 1. The van der Waals surface area contributed by atoms with Crippen LogP contribution < -0.4 is 0 Å². The zero-order valence-corrected chi connectivity index (χ0v) is 16.9. The van der Waals surface area contributed by atoms with Gasteiger partial charge in [-0.05, 0) is 43.7 Å². The molecule has 2 atom stereocenters. The van der Waals surface area contributed by atoms with Gasteiger partial charge in [0.05, 0.1) is 29.3 Å². The van der Waals surface area contributed by atoms with Gasteiger partial charge < -0.3 is 9.47 Å². The van der Waals surface area contributed by atoms with Crippen molar-refractivity contribution in [1.82, 2.24) is 4.31 Å². The van der Waals surface area contributed by atoms with Gasteiger partial charge in [-0.15, -0.1) is 0 Å². The van der Waals surface area contributed by atoms with Crippen LogP contribution in [0.5, 0.6) is 0 Å². The van der Waals surface area contributed by atoms with Crippen molar-refractivity contribution in [3.8, 4) is 0 Å². The Labute approximate surface area is 166 Å². The van der Waals surface area contributed by atoms with Gasteiger partial charge in [0.1, 0.15) is 0 Å². The summed E-state index contributed by atoms with van der Waals surface area (Å²) in [6.45, 7) is 4.61. The maximum Gasteiger partial charge on any atom is 0.338 e. The highest BCUT2D eigenvalue weighted by molar-refractivity contribution is 7.89. The van der Waals surface area contributed by atoms with E-state index >= 15 is 0 Å². The number of ether oxygens (including phenoxy) is 2. The Balaban J connectivity index is 1.61. The van der Waals surface area contributed by atoms with E-state index in [4.69, 9.17) is 9.47 Å². The predicted molar refractivity (Wildman–Crippen MR) is 106 cm³/mol. The van der Waals surface area contributed by atoms with E-state index in [2.05, 4.69) is 0 Å². The van der Waals surface area contributed by atoms with Crippen LogP contribution in [0, 0.1) is 0 Å². The van der Waals surface area contributed by atoms with Gasteiger partial charge in [0.25, 0.3) is 0 Å². The van der Waals surface area contributed by atoms with Crippen LogP contribution in [0.4, 0.5) is 0 Å². The van der Waals surface area contributed by atoms with Gasteiger partial charge >= 0.3 is 5.97 Å². The number of hydrogen-bond acceptors (Lipinski definition) is 5. The predicted octanol–water partition coefficient (Wildman–Crippen LogP) is 2.88. The van der Waals surface area contributed by atoms with Crippen LogP contribution in [0.15, 0.2) is 59.5 Å². The third kappa shape index (κ3) is 4.98. The number of morpholine rings is 1. The van der Waals surface area contributed by atoms with E-state index in [9.17, 15) is 13.2 Å². The molecule has 2 aromatic rings. The average molecular weight is 404 g/mol. The lowest BCUT2D eigenvalue weighted by Crippen LogP contribution is -2.48. The van der Waals surface area contributed by atoms with Crippen LogP contribution in [-0.4, -0.2) is 50.6 Å². The fourth-order valence-electron chi connectivity index (χ4n) is 3.23. The topological polar surface area (TPSA) is 72.9 Å². The van der Waals surface area contributed by atoms with Gasteiger partial charge in [0.2, 0.25) is 10.0 Å². The van der Waals surface area contributed by atoms with Crippen LogP contribution in [-0.2, 0) is 25.9 Å². The molecule has 6 nitrogen and oxygen atoms in total. The van der Waals surface area contributed by atoms with Crippen molar-refractivity contribution >= 4 is 16.0 Å². The summed E-state index contributed by atoms with van der Waals surface area (Å²) in [5, 5.41) is 0. The lowest BCUT2D eigenvalue weighted by molar-refractivity contribution is -0.0440. The summed E-state index contributed by atoms with van der Waals surface area (Å²) in [4.78, 5) is 12.3. The first-order chi connectivity index (χ1) is 13.4. The van der Waals surface area contributed by atoms with Crippen LogP contribution in [0.2, 0.25) is 0 Å². The van der Waals surface area contributed by atoms with Gasteiger partial charge in [-0.1, -0.05) is 30.3 Å². The molecule has 150 valence electrons. The van der Waals surface area contributed by atoms with Crippen molar-refractivity contribution in [3.63, 3.8) is 0 Å². The van der Waals surface area contributed by atoms with E-state index < -0.39 is 16.0 Å². The molecule has 1 aliphatic rings. The van der Waals surface area contributed by atoms with E-state index in [0.717, 1.165) is 5.56 Å². The van der Waals surface area contributed by atoms with E-state index in [1.807, 2.05) is 44.2 Å². The Hall–Kier alpha value is -2.22. The molecule has 0 N–H and O–H groups in total. The number of benzene rings is 2. The maximum absolute atomic E-state index is 12.8. The van der Waals surface area contributed by atoms with E-state index in [-0.39, 0.29) is 23.7 Å². The lowest BCUT2D eigenvalue weighted by Gasteiger charge is -2.34. The minimum Gasteiger partial charge on any atom is -0.462 e. The van der Waals surface area contributed by atoms with Crippen LogP contribution in [0.3, 0.4) is 0 Å². The highest BCUT2D eigenvalue weighted by atomic mass is 32.2. The zero-order chi connectivity index (χ0) is 20.1. The number of hydrogen-bond donors (Lipinski definition) is 0. The molecule has 1 saturated heterocycles. The summed E-state index contributed by atoms with van der Waals surface area (Å²) in [6.07, 6.45) is 0.321. The molecule has 1 heterocycles. The smallest absolute Gasteiger partial charge is 0.338 e. The first-order valence-electron chi connectivity index (χ1n) is 9.33. The number of nitrogens with zero attached hydrogens (tertiary/aromatic N) is 1. The van der Waals surface area contributed by atoms with Crippen molar-refractivity contribution in [2.45, 2.75) is 37.4 Å². The second kappa shape index (κ2) is 8.86. The molecule has 7 heteroatoms. The minimum atomic E-state index is -3.62. The molecule has 0 aliphatic carbocycles. The highest BCUT2D eigenvalue weighted by Crippen LogP contribution is 2.21. The second-order valence-electron chi connectivity index (χ2n) is 6.98. The Morgan fingerprint density at radius 2 is 1.64 bits per heavy atom. The molecule has 3 rings (SSSR count). The van der Waals surface area contributed by atoms with E-state index in [1.54, 1.807) is 0 Å². The number of rotatable bonds is 6. The number of carbonyl (C=O) groups is 1. The van der Waals surface area contributed by atoms with Gasteiger partial charge in [0, 0.05) is 19.5 Å². The third-order valence-electron chi connectivity index (χ3n) is 4.58. The van der Waals surface area contributed by atoms with E-state index in [0.29, 0.717) is 25.1 Å². The largest absolute Gasteiger partial charge is 0.462 e. The molecule has 0 bridgehead atoms. The Morgan fingerprint density at radius 3 is 2.25 bits per heavy atom. The standard InChI is InChI=1S/C21H25NO5S/c1-16-14-22(15-17(2)27-16)28(24,25)20-10-8-19(9-11-20)21(23)26-13-12-18-6-4-3-5-7-18/h3-11,16-17H,12-15H2,1-2H3/t16-,17-/m0/s1. The summed E-state index contributed by atoms with van der Waals surface area (Å²) in [5.74, 6) is -0.464. The fourth-order valence-corrected chi connectivity index (χ4v) is 4.82. The zero-order valence-electron chi connectivity index (χ0n) is 16.1. The van der Waals surface area contributed by atoms with E-state index in [1.165, 1.54) is 28.6 Å². The van der Waals surface area contributed by atoms with Crippen molar-refractivity contribution < 1.29 is 22.7 Å². The summed E-state index contributed by atoms with van der Waals surface area (Å²) in [7, 11) is -3.62. The monoisotopic (exact) mass is 403 g/mol. The molecule has 0 radical (unpaired) electrons. The van der Waals surface area contributed by atoms with Crippen LogP contribution in [0.25, 0.3) is 0 Å². The number of esters is 1. The first-order valence-corrected chi connectivity index (χ1v) is 10.8. The molecule has 0 aromatic heterocycles. The molecule has 0 spiro atoms. The summed E-state index contributed by atoms with van der Waals surface area (Å²) >= 11 is 0. The van der Waals surface area contributed by atoms with Crippen LogP contribution >= 0.6 is 0 Å². The second-order valence-corrected chi connectivity index (χ2v) is 8.91. The molecular weight excluding hydrogens is 378 g/mol. The van der Waals surface area contributed by atoms with Crippen LogP contribution in [0.1, 0.15) is 29.8 Å². The average Bonchev–Trinajstić information content (AvgIpc) is 2.68. The van der Waals surface area contributed by atoms with Gasteiger partial charge in [-0.3, -0.25) is 0 Å². The highest BCUT2D eigenvalue weighted by Gasteiger charge is 2.32. The molecule has 2 aromatic carbocycles. The molecule has 1 aliphatic heterocycles. The Bertz CT molecular complexity index is 886. The van der Waals surface area contributed by atoms with Crippen molar-refractivity contribution in [3.05, 3.63) is 65.7 Å². The van der Waals surface area contributed by atoms with Gasteiger partial charge in [0.15, 0.2) is 0 Å². The lowest BCUT2D eigenvalue weighted by atomic mass is 10.2. The maximum atomic E-state index is 12.8. The summed E-state index contributed by atoms with van der Waals surface area (Å²) < 4.78 is 38.0. The SMILES string of the molecule is C[C@H]1CN(S(=O)(=O)c2ccc(C(=O)OCCc3ccccc3)cc2)C[C@H](C)O1.